The van der Waals surface area contributed by atoms with Gasteiger partial charge in [-0.3, -0.25) is 4.79 Å². The molecule has 5 rings (SSSR count). The number of hydrogen-bond donors (Lipinski definition) is 2. The number of rotatable bonds is 6. The minimum absolute atomic E-state index is 0.154. The van der Waals surface area contributed by atoms with Gasteiger partial charge < -0.3 is 14.9 Å². The molecule has 1 aliphatic carbocycles. The normalized spacial score (nSPS) is 14.9. The van der Waals surface area contributed by atoms with Gasteiger partial charge in [-0.05, 0) is 43.9 Å². The second-order valence-electron chi connectivity index (χ2n) is 7.68. The van der Waals surface area contributed by atoms with Crippen LogP contribution in [0.15, 0.2) is 41.7 Å². The molecule has 154 valence electrons. The van der Waals surface area contributed by atoms with Gasteiger partial charge in [-0.25, -0.2) is 14.4 Å². The van der Waals surface area contributed by atoms with Gasteiger partial charge in [0.2, 0.25) is 0 Å². The zero-order valence-corrected chi connectivity index (χ0v) is 17.7. The van der Waals surface area contributed by atoms with Crippen molar-refractivity contribution < 1.29 is 4.39 Å². The predicted octanol–water partition coefficient (Wildman–Crippen LogP) is 5.22. The minimum Gasteiger partial charge on any atom is -0.355 e. The SMILES string of the molecule is C[C@H](Nc1ncc(-c2cncn2CC2CC2)s1)c1cc2cc(Cl)cc(F)c2[nH]c1=O. The fraction of sp³-hybridized carbons (Fsp3) is 0.286. The van der Waals surface area contributed by atoms with Crippen molar-refractivity contribution in [2.45, 2.75) is 32.4 Å². The van der Waals surface area contributed by atoms with Crippen molar-refractivity contribution in [3.8, 4) is 10.6 Å². The summed E-state index contributed by atoms with van der Waals surface area (Å²) >= 11 is 7.48. The lowest BCUT2D eigenvalue weighted by Gasteiger charge is -2.13. The average Bonchev–Trinajstić information content (AvgIpc) is 3.19. The molecule has 4 aromatic rings. The van der Waals surface area contributed by atoms with Gasteiger partial charge in [0, 0.05) is 28.7 Å². The molecule has 0 amide bonds. The van der Waals surface area contributed by atoms with Gasteiger partial charge in [0.05, 0.1) is 34.7 Å². The number of hydrogen-bond acceptors (Lipinski definition) is 5. The van der Waals surface area contributed by atoms with E-state index in [1.165, 1.54) is 30.2 Å². The molecule has 6 nitrogen and oxygen atoms in total. The zero-order chi connectivity index (χ0) is 20.8. The Bertz CT molecular complexity index is 1290. The number of benzene rings is 1. The van der Waals surface area contributed by atoms with Crippen LogP contribution in [0, 0.1) is 11.7 Å². The number of fused-ring (bicyclic) bond motifs is 1. The molecule has 0 radical (unpaired) electrons. The standard InChI is InChI=1S/C21H19ClFN5OS/c1-11(15-5-13-4-14(22)6-16(23)19(13)27-20(15)29)26-21-25-8-18(30-21)17-7-24-10-28(17)9-12-2-3-12/h4-8,10-12H,2-3,9H2,1H3,(H,25,26)(H,27,29)/t11-/m0/s1. The van der Waals surface area contributed by atoms with E-state index in [0.29, 0.717) is 16.1 Å². The van der Waals surface area contributed by atoms with E-state index in [4.69, 9.17) is 11.6 Å². The van der Waals surface area contributed by atoms with Gasteiger partial charge in [0.25, 0.3) is 5.56 Å². The first-order valence-corrected chi connectivity index (χ1v) is 10.9. The van der Waals surface area contributed by atoms with Crippen LogP contribution in [0.1, 0.15) is 31.4 Å². The summed E-state index contributed by atoms with van der Waals surface area (Å²) in [5.41, 5.74) is 1.34. The molecule has 30 heavy (non-hydrogen) atoms. The molecule has 1 aromatic carbocycles. The van der Waals surface area contributed by atoms with Crippen molar-refractivity contribution in [1.29, 1.82) is 0 Å². The molecule has 1 aliphatic rings. The van der Waals surface area contributed by atoms with Gasteiger partial charge in [-0.15, -0.1) is 0 Å². The second-order valence-corrected chi connectivity index (χ2v) is 9.14. The van der Waals surface area contributed by atoms with Crippen molar-refractivity contribution >= 4 is 39.0 Å². The quantitative estimate of drug-likeness (QED) is 0.428. The highest BCUT2D eigenvalue weighted by Gasteiger charge is 2.23. The van der Waals surface area contributed by atoms with Crippen LogP contribution in [0.4, 0.5) is 9.52 Å². The van der Waals surface area contributed by atoms with Crippen LogP contribution in [-0.4, -0.2) is 19.5 Å². The third-order valence-electron chi connectivity index (χ3n) is 5.33. The molecule has 9 heteroatoms. The van der Waals surface area contributed by atoms with Crippen molar-refractivity contribution in [1.82, 2.24) is 19.5 Å². The molecule has 0 saturated heterocycles. The smallest absolute Gasteiger partial charge is 0.253 e. The summed E-state index contributed by atoms with van der Waals surface area (Å²) in [5, 5.41) is 4.81. The Kier molecular flexibility index (Phi) is 4.83. The fourth-order valence-electron chi connectivity index (χ4n) is 3.55. The van der Waals surface area contributed by atoms with E-state index in [-0.39, 0.29) is 22.1 Å². The predicted molar refractivity (Wildman–Crippen MR) is 118 cm³/mol. The first-order valence-electron chi connectivity index (χ1n) is 9.73. The van der Waals surface area contributed by atoms with Gasteiger partial charge in [0.15, 0.2) is 5.13 Å². The Morgan fingerprint density at radius 1 is 1.37 bits per heavy atom. The summed E-state index contributed by atoms with van der Waals surface area (Å²) in [7, 11) is 0. The van der Waals surface area contributed by atoms with E-state index in [2.05, 4.69) is 24.8 Å². The molecule has 2 N–H and O–H groups in total. The van der Waals surface area contributed by atoms with Crippen molar-refractivity contribution in [3.05, 3.63) is 63.7 Å². The summed E-state index contributed by atoms with van der Waals surface area (Å²) < 4.78 is 16.2. The van der Waals surface area contributed by atoms with Gasteiger partial charge in [0.1, 0.15) is 5.82 Å². The molecule has 0 spiro atoms. The molecule has 1 fully saturated rings. The Labute approximate surface area is 180 Å². The topological polar surface area (TPSA) is 75.6 Å². The Morgan fingerprint density at radius 2 is 2.20 bits per heavy atom. The number of halogens is 2. The third-order valence-corrected chi connectivity index (χ3v) is 6.50. The van der Waals surface area contributed by atoms with E-state index in [0.717, 1.165) is 23.0 Å². The van der Waals surface area contributed by atoms with Crippen LogP contribution in [0.5, 0.6) is 0 Å². The van der Waals surface area contributed by atoms with E-state index in [1.807, 2.05) is 25.6 Å². The van der Waals surface area contributed by atoms with E-state index < -0.39 is 5.82 Å². The molecule has 0 unspecified atom stereocenters. The molecule has 0 aliphatic heterocycles. The van der Waals surface area contributed by atoms with Crippen LogP contribution in [0.3, 0.4) is 0 Å². The highest BCUT2D eigenvalue weighted by molar-refractivity contribution is 7.18. The van der Waals surface area contributed by atoms with Gasteiger partial charge in [-0.2, -0.15) is 0 Å². The number of aromatic amines is 1. The highest BCUT2D eigenvalue weighted by atomic mass is 35.5. The lowest BCUT2D eigenvalue weighted by molar-refractivity contribution is 0.632. The number of H-pyrrole nitrogens is 1. The summed E-state index contributed by atoms with van der Waals surface area (Å²) in [6, 6.07) is 4.16. The number of pyridine rings is 1. The highest BCUT2D eigenvalue weighted by Crippen LogP contribution is 2.35. The molecular formula is C21H19ClFN5OS. The van der Waals surface area contributed by atoms with Crippen LogP contribution < -0.4 is 10.9 Å². The molecule has 1 saturated carbocycles. The first-order chi connectivity index (χ1) is 14.5. The molecule has 3 aromatic heterocycles. The van der Waals surface area contributed by atoms with E-state index >= 15 is 0 Å². The van der Waals surface area contributed by atoms with Crippen LogP contribution in [-0.2, 0) is 6.54 Å². The maximum atomic E-state index is 14.1. The second kappa shape index (κ2) is 7.52. The maximum Gasteiger partial charge on any atom is 0.253 e. The Balaban J connectivity index is 1.40. The lowest BCUT2D eigenvalue weighted by Crippen LogP contribution is -2.19. The Hall–Kier alpha value is -2.71. The van der Waals surface area contributed by atoms with E-state index in [9.17, 15) is 9.18 Å². The summed E-state index contributed by atoms with van der Waals surface area (Å²) in [6.07, 6.45) is 8.09. The molecule has 1 atom stereocenters. The summed E-state index contributed by atoms with van der Waals surface area (Å²) in [5.74, 6) is 0.204. The first kappa shape index (κ1) is 19.3. The molecular weight excluding hydrogens is 425 g/mol. The largest absolute Gasteiger partial charge is 0.355 e. The molecule has 0 bridgehead atoms. The number of thiazole rings is 1. The van der Waals surface area contributed by atoms with E-state index in [1.54, 1.807) is 12.1 Å². The van der Waals surface area contributed by atoms with Gasteiger partial charge in [-0.1, -0.05) is 22.9 Å². The van der Waals surface area contributed by atoms with Gasteiger partial charge >= 0.3 is 0 Å². The van der Waals surface area contributed by atoms with Crippen LogP contribution in [0.2, 0.25) is 5.02 Å². The van der Waals surface area contributed by atoms with Crippen molar-refractivity contribution in [2.24, 2.45) is 5.92 Å². The fourth-order valence-corrected chi connectivity index (χ4v) is 4.69. The number of imidazole rings is 1. The summed E-state index contributed by atoms with van der Waals surface area (Å²) in [6.45, 7) is 2.85. The third kappa shape index (κ3) is 3.73. The average molecular weight is 444 g/mol. The number of anilines is 1. The maximum absolute atomic E-state index is 14.1. The van der Waals surface area contributed by atoms with Crippen molar-refractivity contribution in [2.75, 3.05) is 5.32 Å². The Morgan fingerprint density at radius 3 is 3.00 bits per heavy atom. The monoisotopic (exact) mass is 443 g/mol. The van der Waals surface area contributed by atoms with Crippen molar-refractivity contribution in [3.63, 3.8) is 0 Å². The minimum atomic E-state index is -0.547. The summed E-state index contributed by atoms with van der Waals surface area (Å²) in [4.78, 5) is 24.9. The zero-order valence-electron chi connectivity index (χ0n) is 16.2. The van der Waals surface area contributed by atoms with Crippen LogP contribution in [0.25, 0.3) is 21.5 Å². The number of aromatic nitrogens is 4. The van der Waals surface area contributed by atoms with Crippen LogP contribution >= 0.6 is 22.9 Å². The number of nitrogens with one attached hydrogen (secondary N) is 2. The number of nitrogens with zero attached hydrogens (tertiary/aromatic N) is 3. The molecule has 3 heterocycles. The lowest BCUT2D eigenvalue weighted by atomic mass is 10.1.